The molecule has 20 heavy (non-hydrogen) atoms. The van der Waals surface area contributed by atoms with Crippen molar-refractivity contribution in [2.45, 2.75) is 52.7 Å². The van der Waals surface area contributed by atoms with E-state index in [-0.39, 0.29) is 0 Å². The third kappa shape index (κ3) is 3.93. The molecule has 0 saturated carbocycles. The summed E-state index contributed by atoms with van der Waals surface area (Å²) in [7, 11) is 0. The van der Waals surface area contributed by atoms with Crippen molar-refractivity contribution < 1.29 is 4.52 Å². The van der Waals surface area contributed by atoms with E-state index >= 15 is 0 Å². The topological polar surface area (TPSA) is 55.9 Å². The predicted octanol–water partition coefficient (Wildman–Crippen LogP) is 2.86. The molecule has 0 unspecified atom stereocenters. The maximum absolute atomic E-state index is 5.20. The van der Waals surface area contributed by atoms with Crippen LogP contribution in [0.2, 0.25) is 0 Å². The van der Waals surface area contributed by atoms with Gasteiger partial charge in [0.2, 0.25) is 0 Å². The summed E-state index contributed by atoms with van der Waals surface area (Å²) < 4.78 is 8.15. The van der Waals surface area contributed by atoms with Gasteiger partial charge in [0.1, 0.15) is 5.76 Å². The smallest absolute Gasteiger partial charge is 0.137 e. The number of nitrogens with one attached hydrogen (secondary N) is 1. The largest absolute Gasteiger partial charge is 0.361 e. The lowest BCUT2D eigenvalue weighted by Crippen LogP contribution is -2.38. The van der Waals surface area contributed by atoms with Crippen LogP contribution in [0.15, 0.2) is 21.4 Å². The number of aryl methyl sites for hydroxylation is 2. The van der Waals surface area contributed by atoms with E-state index in [0.29, 0.717) is 12.1 Å². The minimum absolute atomic E-state index is 0.345. The molecule has 2 atom stereocenters. The van der Waals surface area contributed by atoms with Crippen molar-refractivity contribution in [1.82, 2.24) is 20.3 Å². The van der Waals surface area contributed by atoms with E-state index in [2.05, 4.69) is 45.3 Å². The van der Waals surface area contributed by atoms with E-state index in [9.17, 15) is 0 Å². The fraction of sp³-hybridized carbons (Fsp3) is 0.571. The van der Waals surface area contributed by atoms with Gasteiger partial charge in [0.25, 0.3) is 0 Å². The molecule has 0 spiro atoms. The van der Waals surface area contributed by atoms with Crippen LogP contribution in [-0.4, -0.2) is 27.0 Å². The fourth-order valence-electron chi connectivity index (χ4n) is 2.42. The van der Waals surface area contributed by atoms with Crippen molar-refractivity contribution in [3.63, 3.8) is 0 Å². The lowest BCUT2D eigenvalue weighted by atomic mass is 10.1. The second-order valence-electron chi connectivity index (χ2n) is 5.36. The molecule has 1 N–H and O–H groups in total. The van der Waals surface area contributed by atoms with Crippen molar-refractivity contribution in [3.8, 4) is 0 Å². The summed E-state index contributed by atoms with van der Waals surface area (Å²) in [4.78, 5) is 0. The highest BCUT2D eigenvalue weighted by Crippen LogP contribution is 2.14. The summed E-state index contributed by atoms with van der Waals surface area (Å²) in [6.45, 7) is 9.15. The van der Waals surface area contributed by atoms with Crippen molar-refractivity contribution in [1.29, 1.82) is 0 Å². The number of aromatic nitrogens is 3. The van der Waals surface area contributed by atoms with Crippen molar-refractivity contribution in [2.24, 2.45) is 0 Å². The predicted molar refractivity (Wildman–Crippen MR) is 81.7 cm³/mol. The molecule has 0 aromatic carbocycles. The van der Waals surface area contributed by atoms with Crippen LogP contribution < -0.4 is 5.32 Å². The molecule has 110 valence electrons. The lowest BCUT2D eigenvalue weighted by Gasteiger charge is -2.20. The molecular weight excluding hydrogens is 320 g/mol. The molecule has 0 fully saturated rings. The van der Waals surface area contributed by atoms with Crippen LogP contribution in [0, 0.1) is 13.8 Å². The van der Waals surface area contributed by atoms with Gasteiger partial charge < -0.3 is 9.84 Å². The Balaban J connectivity index is 1.86. The zero-order chi connectivity index (χ0) is 14.7. The van der Waals surface area contributed by atoms with Gasteiger partial charge in [-0.2, -0.15) is 5.10 Å². The molecule has 0 bridgehead atoms. The SMILES string of the molecule is Cc1noc(C)c1C[C@@H](C)N[C@H](C)Cn1cc(Br)cn1. The number of nitrogens with zero attached hydrogens (tertiary/aromatic N) is 3. The van der Waals surface area contributed by atoms with Crippen LogP contribution in [0.3, 0.4) is 0 Å². The molecule has 0 aliphatic carbocycles. The summed E-state index contributed by atoms with van der Waals surface area (Å²) in [5, 5.41) is 11.9. The molecule has 2 heterocycles. The summed E-state index contributed by atoms with van der Waals surface area (Å²) in [5.41, 5.74) is 2.19. The second-order valence-corrected chi connectivity index (χ2v) is 6.27. The van der Waals surface area contributed by atoms with Gasteiger partial charge in [-0.05, 0) is 50.0 Å². The van der Waals surface area contributed by atoms with Crippen LogP contribution in [-0.2, 0) is 13.0 Å². The standard InChI is InChI=1S/C14H21BrN4O/c1-9(5-14-11(3)18-20-12(14)4)17-10(2)7-19-8-13(15)6-16-19/h6,8-10,17H,5,7H2,1-4H3/t9-,10-/m1/s1. The van der Waals surface area contributed by atoms with E-state index in [1.165, 1.54) is 5.56 Å². The molecule has 0 aliphatic heterocycles. The zero-order valence-corrected chi connectivity index (χ0v) is 13.9. The summed E-state index contributed by atoms with van der Waals surface area (Å²) >= 11 is 3.41. The highest BCUT2D eigenvalue weighted by atomic mass is 79.9. The molecule has 2 aromatic heterocycles. The van der Waals surface area contributed by atoms with Gasteiger partial charge in [0, 0.05) is 23.8 Å². The monoisotopic (exact) mass is 340 g/mol. The maximum Gasteiger partial charge on any atom is 0.137 e. The van der Waals surface area contributed by atoms with E-state index in [1.807, 2.05) is 24.7 Å². The first kappa shape index (κ1) is 15.3. The highest BCUT2D eigenvalue weighted by molar-refractivity contribution is 9.10. The molecule has 6 heteroatoms. The number of halogens is 1. The van der Waals surface area contributed by atoms with Gasteiger partial charge in [0.05, 0.1) is 22.9 Å². The first-order valence-electron chi connectivity index (χ1n) is 6.81. The Labute approximate surface area is 127 Å². The molecule has 0 saturated heterocycles. The van der Waals surface area contributed by atoms with Gasteiger partial charge in [-0.1, -0.05) is 5.16 Å². The summed E-state index contributed by atoms with van der Waals surface area (Å²) in [6, 6.07) is 0.707. The highest BCUT2D eigenvalue weighted by Gasteiger charge is 2.14. The zero-order valence-electron chi connectivity index (χ0n) is 12.4. The molecular formula is C14H21BrN4O. The summed E-state index contributed by atoms with van der Waals surface area (Å²) in [5.74, 6) is 0.916. The third-order valence-electron chi connectivity index (χ3n) is 3.32. The Morgan fingerprint density at radius 2 is 2.10 bits per heavy atom. The van der Waals surface area contributed by atoms with Gasteiger partial charge in [-0.25, -0.2) is 0 Å². The number of hydrogen-bond donors (Lipinski definition) is 1. The third-order valence-corrected chi connectivity index (χ3v) is 3.73. The first-order valence-corrected chi connectivity index (χ1v) is 7.60. The minimum atomic E-state index is 0.345. The fourth-order valence-corrected chi connectivity index (χ4v) is 2.74. The Kier molecular flexibility index (Phi) is 4.99. The van der Waals surface area contributed by atoms with Gasteiger partial charge in [-0.3, -0.25) is 4.68 Å². The second kappa shape index (κ2) is 6.54. The number of hydrogen-bond acceptors (Lipinski definition) is 4. The Bertz CT molecular complexity index is 544. The molecule has 0 amide bonds. The lowest BCUT2D eigenvalue weighted by molar-refractivity contribution is 0.388. The minimum Gasteiger partial charge on any atom is -0.361 e. The Morgan fingerprint density at radius 1 is 1.35 bits per heavy atom. The maximum atomic E-state index is 5.20. The van der Waals surface area contributed by atoms with Crippen LogP contribution >= 0.6 is 15.9 Å². The average molecular weight is 341 g/mol. The van der Waals surface area contributed by atoms with Crippen LogP contribution in [0.4, 0.5) is 0 Å². The molecule has 2 aromatic rings. The van der Waals surface area contributed by atoms with E-state index in [1.54, 1.807) is 6.20 Å². The van der Waals surface area contributed by atoms with Crippen LogP contribution in [0.5, 0.6) is 0 Å². The van der Waals surface area contributed by atoms with Gasteiger partial charge in [-0.15, -0.1) is 0 Å². The normalized spacial score (nSPS) is 14.4. The van der Waals surface area contributed by atoms with Crippen molar-refractivity contribution in [3.05, 3.63) is 33.9 Å². The van der Waals surface area contributed by atoms with E-state index < -0.39 is 0 Å². The van der Waals surface area contributed by atoms with E-state index in [0.717, 1.165) is 28.9 Å². The average Bonchev–Trinajstić information content (AvgIpc) is 2.89. The van der Waals surface area contributed by atoms with Gasteiger partial charge >= 0.3 is 0 Å². The quantitative estimate of drug-likeness (QED) is 0.878. The van der Waals surface area contributed by atoms with Crippen LogP contribution in [0.1, 0.15) is 30.9 Å². The van der Waals surface area contributed by atoms with Crippen molar-refractivity contribution in [2.75, 3.05) is 0 Å². The Hall–Kier alpha value is -1.14. The molecule has 2 rings (SSSR count). The Morgan fingerprint density at radius 3 is 2.65 bits per heavy atom. The first-order chi connectivity index (χ1) is 9.45. The van der Waals surface area contributed by atoms with Crippen molar-refractivity contribution >= 4 is 15.9 Å². The van der Waals surface area contributed by atoms with E-state index in [4.69, 9.17) is 4.52 Å². The molecule has 5 nitrogen and oxygen atoms in total. The van der Waals surface area contributed by atoms with Crippen LogP contribution in [0.25, 0.3) is 0 Å². The molecule has 0 radical (unpaired) electrons. The number of rotatable bonds is 6. The van der Waals surface area contributed by atoms with Gasteiger partial charge in [0.15, 0.2) is 0 Å². The summed E-state index contributed by atoms with van der Waals surface area (Å²) in [6.07, 6.45) is 4.71. The molecule has 0 aliphatic rings.